The number of sulfonamides is 1. The standard InChI is InChI=1S/C21H25N3O4S/c1-13-8-16(28-5)9-14(2)19(13)29(26,27)23-6-7-24-20(25)17-11-22-15(3)10-18(17)21(24,4)12-23/h8-11H,6-7,12H2,1-5H3. The summed E-state index contributed by atoms with van der Waals surface area (Å²) >= 11 is 0. The molecular formula is C21H25N3O4S. The van der Waals surface area contributed by atoms with Crippen LogP contribution < -0.4 is 4.74 Å². The number of pyridine rings is 1. The topological polar surface area (TPSA) is 79.8 Å². The molecule has 0 spiro atoms. The average Bonchev–Trinajstić information content (AvgIpc) is 2.87. The number of hydrogen-bond donors (Lipinski definition) is 0. The van der Waals surface area contributed by atoms with E-state index in [2.05, 4.69) is 4.98 Å². The first-order chi connectivity index (χ1) is 13.6. The van der Waals surface area contributed by atoms with Crippen molar-refractivity contribution in [2.75, 3.05) is 26.7 Å². The number of aryl methyl sites for hydroxylation is 3. The zero-order chi connectivity index (χ0) is 21.1. The van der Waals surface area contributed by atoms with Gasteiger partial charge in [0.15, 0.2) is 0 Å². The first kappa shape index (κ1) is 19.8. The number of amides is 1. The van der Waals surface area contributed by atoms with Crippen molar-refractivity contribution in [1.82, 2.24) is 14.2 Å². The van der Waals surface area contributed by atoms with Crippen molar-refractivity contribution in [3.05, 3.63) is 52.3 Å². The van der Waals surface area contributed by atoms with E-state index in [0.29, 0.717) is 33.9 Å². The summed E-state index contributed by atoms with van der Waals surface area (Å²) in [6, 6.07) is 5.37. The van der Waals surface area contributed by atoms with Gasteiger partial charge in [0.05, 0.1) is 23.1 Å². The van der Waals surface area contributed by atoms with Crippen LogP contribution in [0.15, 0.2) is 29.3 Å². The first-order valence-electron chi connectivity index (χ1n) is 9.54. The minimum absolute atomic E-state index is 0.0798. The van der Waals surface area contributed by atoms with Gasteiger partial charge in [-0.1, -0.05) is 0 Å². The number of methoxy groups -OCH3 is 1. The Kier molecular flexibility index (Phi) is 4.47. The van der Waals surface area contributed by atoms with Crippen LogP contribution in [0.4, 0.5) is 0 Å². The molecule has 2 aliphatic heterocycles. The molecule has 3 heterocycles. The molecule has 0 N–H and O–H groups in total. The average molecular weight is 416 g/mol. The van der Waals surface area contributed by atoms with Gasteiger partial charge in [-0.15, -0.1) is 0 Å². The molecule has 0 radical (unpaired) electrons. The van der Waals surface area contributed by atoms with Gasteiger partial charge in [-0.2, -0.15) is 4.31 Å². The Hall–Kier alpha value is -2.45. The molecule has 1 fully saturated rings. The molecule has 0 saturated carbocycles. The van der Waals surface area contributed by atoms with E-state index in [1.807, 2.05) is 19.9 Å². The van der Waals surface area contributed by atoms with Crippen LogP contribution >= 0.6 is 0 Å². The van der Waals surface area contributed by atoms with Crippen molar-refractivity contribution in [2.24, 2.45) is 0 Å². The third-order valence-electron chi connectivity index (χ3n) is 6.02. The normalized spacial score (nSPS) is 21.8. The summed E-state index contributed by atoms with van der Waals surface area (Å²) in [6.45, 7) is 8.19. The second kappa shape index (κ2) is 6.53. The smallest absolute Gasteiger partial charge is 0.256 e. The molecular weight excluding hydrogens is 390 g/mol. The zero-order valence-electron chi connectivity index (χ0n) is 17.3. The van der Waals surface area contributed by atoms with E-state index >= 15 is 0 Å². The molecule has 0 bridgehead atoms. The van der Waals surface area contributed by atoms with E-state index < -0.39 is 15.6 Å². The number of rotatable bonds is 3. The maximum atomic E-state index is 13.6. The van der Waals surface area contributed by atoms with E-state index in [4.69, 9.17) is 4.74 Å². The summed E-state index contributed by atoms with van der Waals surface area (Å²) in [5, 5.41) is 0. The van der Waals surface area contributed by atoms with Crippen molar-refractivity contribution in [3.63, 3.8) is 0 Å². The Bertz CT molecular complexity index is 1110. The van der Waals surface area contributed by atoms with Crippen LogP contribution in [0.25, 0.3) is 0 Å². The summed E-state index contributed by atoms with van der Waals surface area (Å²) in [5.41, 5.74) is 2.81. The Morgan fingerprint density at radius 2 is 1.76 bits per heavy atom. The third kappa shape index (κ3) is 2.85. The Labute approximate surface area is 171 Å². The van der Waals surface area contributed by atoms with Crippen molar-refractivity contribution in [2.45, 2.75) is 38.1 Å². The van der Waals surface area contributed by atoms with Crippen molar-refractivity contribution >= 4 is 15.9 Å². The molecule has 1 unspecified atom stereocenters. The van der Waals surface area contributed by atoms with E-state index in [1.165, 1.54) is 4.31 Å². The van der Waals surface area contributed by atoms with Crippen LogP contribution in [0.1, 0.15) is 39.7 Å². The molecule has 29 heavy (non-hydrogen) atoms. The number of carbonyl (C=O) groups excluding carboxylic acids is 1. The predicted octanol–water partition coefficient (Wildman–Crippen LogP) is 2.39. The highest BCUT2D eigenvalue weighted by Gasteiger charge is 2.51. The number of fused-ring (bicyclic) bond motifs is 3. The SMILES string of the molecule is COc1cc(C)c(S(=O)(=O)N2CCN3C(=O)c4cnc(C)cc4C3(C)C2)c(C)c1. The molecule has 8 heteroatoms. The monoisotopic (exact) mass is 415 g/mol. The number of nitrogens with zero attached hydrogens (tertiary/aromatic N) is 3. The minimum atomic E-state index is -3.73. The number of benzene rings is 1. The van der Waals surface area contributed by atoms with E-state index in [0.717, 1.165) is 11.3 Å². The predicted molar refractivity (Wildman–Crippen MR) is 109 cm³/mol. The van der Waals surface area contributed by atoms with Gasteiger partial charge in [0.1, 0.15) is 5.75 Å². The second-order valence-corrected chi connectivity index (χ2v) is 9.91. The van der Waals surface area contributed by atoms with Gasteiger partial charge in [-0.25, -0.2) is 8.42 Å². The molecule has 2 aromatic rings. The highest BCUT2D eigenvalue weighted by Crippen LogP contribution is 2.43. The minimum Gasteiger partial charge on any atom is -0.497 e. The molecule has 0 aliphatic carbocycles. The highest BCUT2D eigenvalue weighted by atomic mass is 32.2. The Morgan fingerprint density at radius 1 is 1.10 bits per heavy atom. The number of hydrogen-bond acceptors (Lipinski definition) is 5. The van der Waals surface area contributed by atoms with Crippen molar-refractivity contribution < 1.29 is 17.9 Å². The molecule has 2 aliphatic rings. The summed E-state index contributed by atoms with van der Waals surface area (Å²) in [7, 11) is -2.17. The lowest BCUT2D eigenvalue weighted by atomic mass is 9.90. The molecule has 154 valence electrons. The summed E-state index contributed by atoms with van der Waals surface area (Å²) < 4.78 is 33.9. The Balaban J connectivity index is 1.77. The molecule has 1 aromatic heterocycles. The van der Waals surface area contributed by atoms with Gasteiger partial charge in [-0.05, 0) is 62.6 Å². The third-order valence-corrected chi connectivity index (χ3v) is 8.17. The fourth-order valence-corrected chi connectivity index (χ4v) is 6.55. The maximum absolute atomic E-state index is 13.6. The molecule has 1 amide bonds. The van der Waals surface area contributed by atoms with Crippen LogP contribution in [0, 0.1) is 20.8 Å². The second-order valence-electron chi connectivity index (χ2n) is 8.03. The molecule has 1 aromatic carbocycles. The fourth-order valence-electron chi connectivity index (χ4n) is 4.61. The lowest BCUT2D eigenvalue weighted by Gasteiger charge is -2.44. The van der Waals surface area contributed by atoms with Gasteiger partial charge in [0, 0.05) is 31.5 Å². The fraction of sp³-hybridized carbons (Fsp3) is 0.429. The summed E-state index contributed by atoms with van der Waals surface area (Å²) in [6.07, 6.45) is 1.60. The Morgan fingerprint density at radius 3 is 2.38 bits per heavy atom. The van der Waals surface area contributed by atoms with E-state index in [1.54, 1.807) is 44.2 Å². The summed E-state index contributed by atoms with van der Waals surface area (Å²) in [4.78, 5) is 19.2. The van der Waals surface area contributed by atoms with E-state index in [9.17, 15) is 13.2 Å². The maximum Gasteiger partial charge on any atom is 0.256 e. The lowest BCUT2D eigenvalue weighted by molar-refractivity contribution is 0.0375. The van der Waals surface area contributed by atoms with Crippen molar-refractivity contribution in [3.8, 4) is 5.75 Å². The molecule has 1 atom stereocenters. The summed E-state index contributed by atoms with van der Waals surface area (Å²) in [5.74, 6) is 0.554. The molecule has 7 nitrogen and oxygen atoms in total. The highest BCUT2D eigenvalue weighted by molar-refractivity contribution is 7.89. The quantitative estimate of drug-likeness (QED) is 0.769. The lowest BCUT2D eigenvalue weighted by Crippen LogP contribution is -2.58. The van der Waals surface area contributed by atoms with Crippen LogP contribution in [0.2, 0.25) is 0 Å². The zero-order valence-corrected chi connectivity index (χ0v) is 18.1. The number of carbonyl (C=O) groups is 1. The van der Waals surface area contributed by atoms with Crippen LogP contribution in [0.3, 0.4) is 0 Å². The largest absolute Gasteiger partial charge is 0.497 e. The molecule has 4 rings (SSSR count). The van der Waals surface area contributed by atoms with Crippen LogP contribution in [-0.4, -0.2) is 55.3 Å². The van der Waals surface area contributed by atoms with Gasteiger partial charge in [-0.3, -0.25) is 9.78 Å². The van der Waals surface area contributed by atoms with Crippen LogP contribution in [0.5, 0.6) is 5.75 Å². The van der Waals surface area contributed by atoms with Gasteiger partial charge < -0.3 is 9.64 Å². The first-order valence-corrected chi connectivity index (χ1v) is 11.0. The molecule has 1 saturated heterocycles. The number of piperazine rings is 1. The number of ether oxygens (including phenoxy) is 1. The van der Waals surface area contributed by atoms with Crippen molar-refractivity contribution in [1.29, 1.82) is 0 Å². The van der Waals surface area contributed by atoms with Gasteiger partial charge in [0.25, 0.3) is 5.91 Å². The van der Waals surface area contributed by atoms with Gasteiger partial charge >= 0.3 is 0 Å². The van der Waals surface area contributed by atoms with Gasteiger partial charge in [0.2, 0.25) is 10.0 Å². The van der Waals surface area contributed by atoms with Crippen LogP contribution in [-0.2, 0) is 15.6 Å². The van der Waals surface area contributed by atoms with E-state index in [-0.39, 0.29) is 19.0 Å². The number of aromatic nitrogens is 1.